The van der Waals surface area contributed by atoms with Crippen LogP contribution in [0.3, 0.4) is 0 Å². The molecule has 0 fully saturated rings. The molecule has 1 rings (SSSR count). The van der Waals surface area contributed by atoms with E-state index in [9.17, 15) is 9.59 Å². The molecule has 4 nitrogen and oxygen atoms in total. The molecule has 4 heteroatoms. The van der Waals surface area contributed by atoms with Crippen molar-refractivity contribution in [1.82, 2.24) is 4.90 Å². The van der Waals surface area contributed by atoms with Gasteiger partial charge >= 0.3 is 0 Å². The van der Waals surface area contributed by atoms with Gasteiger partial charge in [0.25, 0.3) is 0 Å². The van der Waals surface area contributed by atoms with Gasteiger partial charge in [-0.05, 0) is 45.0 Å². The van der Waals surface area contributed by atoms with Gasteiger partial charge in [-0.15, -0.1) is 0 Å². The second-order valence-corrected chi connectivity index (χ2v) is 4.93. The fraction of sp³-hybridized carbons (Fsp3) is 0.500. The van der Waals surface area contributed by atoms with Crippen molar-refractivity contribution in [3.05, 3.63) is 29.8 Å². The van der Waals surface area contributed by atoms with Crippen molar-refractivity contribution >= 4 is 17.4 Å². The van der Waals surface area contributed by atoms with E-state index in [1.807, 2.05) is 6.07 Å². The minimum absolute atomic E-state index is 0.0418. The Morgan fingerprint density at radius 1 is 1.10 bits per heavy atom. The number of benzene rings is 1. The van der Waals surface area contributed by atoms with Gasteiger partial charge in [-0.25, -0.2) is 0 Å². The van der Waals surface area contributed by atoms with E-state index < -0.39 is 0 Å². The Hall–Kier alpha value is -1.68. The third-order valence-electron chi connectivity index (χ3n) is 3.03. The molecular formula is C16H24N2O2. The highest BCUT2D eigenvalue weighted by molar-refractivity contribution is 6.04. The fourth-order valence-electron chi connectivity index (χ4n) is 2.19. The lowest BCUT2D eigenvalue weighted by atomic mass is 10.1. The van der Waals surface area contributed by atoms with Crippen molar-refractivity contribution in [1.29, 1.82) is 0 Å². The molecule has 1 amide bonds. The second kappa shape index (κ2) is 8.48. The molecule has 0 saturated carbocycles. The van der Waals surface area contributed by atoms with Crippen molar-refractivity contribution in [2.24, 2.45) is 0 Å². The second-order valence-electron chi connectivity index (χ2n) is 4.93. The minimum atomic E-state index is -0.0689. The standard InChI is InChI=1S/C16H24N2O2/c1-4-10-18(11-5-2)12-16(20)17-15-9-7-6-8-14(15)13(3)19/h6-9H,4-5,10-12H2,1-3H3,(H,17,20). The highest BCUT2D eigenvalue weighted by atomic mass is 16.2. The van der Waals surface area contributed by atoms with Crippen LogP contribution in [0.15, 0.2) is 24.3 Å². The van der Waals surface area contributed by atoms with Crippen molar-refractivity contribution in [3.63, 3.8) is 0 Å². The zero-order valence-electron chi connectivity index (χ0n) is 12.6. The van der Waals surface area contributed by atoms with E-state index in [2.05, 4.69) is 24.1 Å². The first-order valence-corrected chi connectivity index (χ1v) is 7.20. The van der Waals surface area contributed by atoms with Gasteiger partial charge < -0.3 is 5.32 Å². The summed E-state index contributed by atoms with van der Waals surface area (Å²) in [4.78, 5) is 25.7. The van der Waals surface area contributed by atoms with Crippen LogP contribution in [0.4, 0.5) is 5.69 Å². The third-order valence-corrected chi connectivity index (χ3v) is 3.03. The Morgan fingerprint density at radius 2 is 1.70 bits per heavy atom. The summed E-state index contributed by atoms with van der Waals surface area (Å²) >= 11 is 0. The maximum atomic E-state index is 12.1. The Morgan fingerprint density at radius 3 is 2.25 bits per heavy atom. The number of anilines is 1. The number of amides is 1. The molecule has 1 aromatic carbocycles. The van der Waals surface area contributed by atoms with Crippen LogP contribution in [-0.2, 0) is 4.79 Å². The first kappa shape index (κ1) is 16.4. The van der Waals surface area contributed by atoms with E-state index in [1.54, 1.807) is 18.2 Å². The summed E-state index contributed by atoms with van der Waals surface area (Å²) in [5.41, 5.74) is 1.15. The van der Waals surface area contributed by atoms with Gasteiger partial charge in [-0.2, -0.15) is 0 Å². The van der Waals surface area contributed by atoms with Crippen LogP contribution in [-0.4, -0.2) is 36.2 Å². The molecule has 0 atom stereocenters. The van der Waals surface area contributed by atoms with Gasteiger partial charge in [0, 0.05) is 5.56 Å². The molecule has 0 bridgehead atoms. The Balaban J connectivity index is 2.68. The van der Waals surface area contributed by atoms with Crippen molar-refractivity contribution in [3.8, 4) is 0 Å². The molecule has 0 unspecified atom stereocenters. The maximum Gasteiger partial charge on any atom is 0.238 e. The predicted molar refractivity (Wildman–Crippen MR) is 82.1 cm³/mol. The fourth-order valence-corrected chi connectivity index (χ4v) is 2.19. The van der Waals surface area contributed by atoms with Crippen LogP contribution in [0.5, 0.6) is 0 Å². The van der Waals surface area contributed by atoms with E-state index in [4.69, 9.17) is 0 Å². The average Bonchev–Trinajstić information content (AvgIpc) is 2.39. The van der Waals surface area contributed by atoms with E-state index in [-0.39, 0.29) is 11.7 Å². The van der Waals surface area contributed by atoms with Crippen LogP contribution in [0.2, 0.25) is 0 Å². The zero-order valence-corrected chi connectivity index (χ0v) is 12.6. The average molecular weight is 276 g/mol. The van der Waals surface area contributed by atoms with Gasteiger partial charge in [-0.1, -0.05) is 26.0 Å². The summed E-state index contributed by atoms with van der Waals surface area (Å²) in [6.45, 7) is 7.90. The number of nitrogens with zero attached hydrogens (tertiary/aromatic N) is 1. The number of hydrogen-bond donors (Lipinski definition) is 1. The largest absolute Gasteiger partial charge is 0.324 e. The van der Waals surface area contributed by atoms with E-state index in [0.29, 0.717) is 17.8 Å². The molecule has 20 heavy (non-hydrogen) atoms. The maximum absolute atomic E-state index is 12.1. The predicted octanol–water partition coefficient (Wildman–Crippen LogP) is 2.95. The summed E-state index contributed by atoms with van der Waals surface area (Å²) in [6.07, 6.45) is 2.05. The number of carbonyl (C=O) groups excluding carboxylic acids is 2. The van der Waals surface area contributed by atoms with Gasteiger partial charge in [0.15, 0.2) is 5.78 Å². The Labute approximate surface area is 121 Å². The number of hydrogen-bond acceptors (Lipinski definition) is 3. The van der Waals surface area contributed by atoms with Crippen LogP contribution in [0.25, 0.3) is 0 Å². The summed E-state index contributed by atoms with van der Waals surface area (Å²) < 4.78 is 0. The smallest absolute Gasteiger partial charge is 0.238 e. The third kappa shape index (κ3) is 5.13. The van der Waals surface area contributed by atoms with Crippen LogP contribution >= 0.6 is 0 Å². The summed E-state index contributed by atoms with van der Waals surface area (Å²) in [5.74, 6) is -0.111. The minimum Gasteiger partial charge on any atom is -0.324 e. The van der Waals surface area contributed by atoms with Crippen LogP contribution < -0.4 is 5.32 Å². The molecule has 0 saturated heterocycles. The van der Waals surface area contributed by atoms with E-state index in [1.165, 1.54) is 6.92 Å². The Kier molecular flexibility index (Phi) is 6.94. The van der Waals surface area contributed by atoms with Gasteiger partial charge in [0.1, 0.15) is 0 Å². The quantitative estimate of drug-likeness (QED) is 0.743. The molecule has 1 aromatic rings. The van der Waals surface area contributed by atoms with Crippen LogP contribution in [0.1, 0.15) is 44.0 Å². The topological polar surface area (TPSA) is 49.4 Å². The lowest BCUT2D eigenvalue weighted by Gasteiger charge is -2.20. The molecule has 0 spiro atoms. The number of nitrogens with one attached hydrogen (secondary N) is 1. The van der Waals surface area contributed by atoms with E-state index >= 15 is 0 Å². The highest BCUT2D eigenvalue weighted by Gasteiger charge is 2.12. The molecule has 0 aliphatic carbocycles. The number of para-hydroxylation sites is 1. The first-order chi connectivity index (χ1) is 9.58. The molecule has 0 heterocycles. The van der Waals surface area contributed by atoms with Gasteiger partial charge in [0.2, 0.25) is 5.91 Å². The number of Topliss-reactive ketones (excluding diaryl/α,β-unsaturated/α-hetero) is 1. The Bertz CT molecular complexity index is 452. The molecule has 0 aromatic heterocycles. The SMILES string of the molecule is CCCN(CCC)CC(=O)Nc1ccccc1C(C)=O. The van der Waals surface area contributed by atoms with Crippen LogP contribution in [0, 0.1) is 0 Å². The normalized spacial score (nSPS) is 10.6. The zero-order chi connectivity index (χ0) is 15.0. The lowest BCUT2D eigenvalue weighted by Crippen LogP contribution is -2.34. The molecule has 0 aliphatic rings. The van der Waals surface area contributed by atoms with Crippen molar-refractivity contribution in [2.45, 2.75) is 33.6 Å². The number of rotatable bonds is 8. The van der Waals surface area contributed by atoms with E-state index in [0.717, 1.165) is 25.9 Å². The summed E-state index contributed by atoms with van der Waals surface area (Å²) in [5, 5.41) is 2.84. The first-order valence-electron chi connectivity index (χ1n) is 7.20. The highest BCUT2D eigenvalue weighted by Crippen LogP contribution is 2.15. The van der Waals surface area contributed by atoms with Crippen molar-refractivity contribution in [2.75, 3.05) is 25.0 Å². The number of carbonyl (C=O) groups is 2. The van der Waals surface area contributed by atoms with Gasteiger partial charge in [-0.3, -0.25) is 14.5 Å². The molecular weight excluding hydrogens is 252 g/mol. The summed E-state index contributed by atoms with van der Waals surface area (Å²) in [6, 6.07) is 7.11. The summed E-state index contributed by atoms with van der Waals surface area (Å²) in [7, 11) is 0. The van der Waals surface area contributed by atoms with Crippen molar-refractivity contribution < 1.29 is 9.59 Å². The molecule has 1 N–H and O–H groups in total. The van der Waals surface area contributed by atoms with Gasteiger partial charge in [0.05, 0.1) is 12.2 Å². The molecule has 110 valence electrons. The molecule has 0 radical (unpaired) electrons. The monoisotopic (exact) mass is 276 g/mol. The number of ketones is 1. The lowest BCUT2D eigenvalue weighted by molar-refractivity contribution is -0.117. The molecule has 0 aliphatic heterocycles.